The molecule has 0 unspecified atom stereocenters. The van der Waals surface area contributed by atoms with Crippen molar-refractivity contribution in [1.29, 1.82) is 0 Å². The molecule has 0 saturated heterocycles. The zero-order valence-electron chi connectivity index (χ0n) is 11.1. The third-order valence-corrected chi connectivity index (χ3v) is 3.44. The molecular weight excluding hydrogens is 292 g/mol. The van der Waals surface area contributed by atoms with Crippen LogP contribution in [0.3, 0.4) is 0 Å². The zero-order valence-corrected chi connectivity index (χ0v) is 12.0. The minimum Gasteiger partial charge on any atom is -0.477 e. The van der Waals surface area contributed by atoms with Crippen molar-refractivity contribution in [3.05, 3.63) is 47.9 Å². The van der Waals surface area contributed by atoms with E-state index in [4.69, 9.17) is 9.84 Å². The van der Waals surface area contributed by atoms with Gasteiger partial charge >= 0.3 is 11.9 Å². The monoisotopic (exact) mass is 304 g/mol. The van der Waals surface area contributed by atoms with E-state index in [1.54, 1.807) is 31.3 Å². The van der Waals surface area contributed by atoms with Crippen molar-refractivity contribution in [2.75, 3.05) is 6.61 Å². The summed E-state index contributed by atoms with van der Waals surface area (Å²) >= 11 is 1.18. The average Bonchev–Trinajstić information content (AvgIpc) is 2.48. The number of hydrogen-bond donors (Lipinski definition) is 1. The van der Waals surface area contributed by atoms with E-state index < -0.39 is 11.9 Å². The van der Waals surface area contributed by atoms with Gasteiger partial charge in [0.15, 0.2) is 0 Å². The molecular formula is C14H12N2O4S. The molecule has 0 aliphatic heterocycles. The number of rotatable bonds is 5. The number of nitrogens with zero attached hydrogens (tertiary/aromatic N) is 2. The van der Waals surface area contributed by atoms with Crippen LogP contribution < -0.4 is 0 Å². The second kappa shape index (κ2) is 6.85. The number of carboxylic acid groups (broad SMARTS) is 1. The SMILES string of the molecule is CCOC(=O)c1cccnc1Sc1ccnc(C(=O)O)c1. The van der Waals surface area contributed by atoms with E-state index in [0.717, 1.165) is 0 Å². The largest absolute Gasteiger partial charge is 0.477 e. The van der Waals surface area contributed by atoms with E-state index in [9.17, 15) is 9.59 Å². The van der Waals surface area contributed by atoms with Gasteiger partial charge in [-0.1, -0.05) is 11.8 Å². The molecule has 7 heteroatoms. The van der Waals surface area contributed by atoms with Gasteiger partial charge in [-0.25, -0.2) is 19.6 Å². The van der Waals surface area contributed by atoms with E-state index in [0.29, 0.717) is 15.5 Å². The van der Waals surface area contributed by atoms with E-state index in [1.807, 2.05) is 0 Å². The van der Waals surface area contributed by atoms with Crippen molar-refractivity contribution in [3.8, 4) is 0 Å². The van der Waals surface area contributed by atoms with Crippen LogP contribution in [-0.4, -0.2) is 33.6 Å². The van der Waals surface area contributed by atoms with Gasteiger partial charge in [0.2, 0.25) is 0 Å². The topological polar surface area (TPSA) is 89.4 Å². The number of aromatic nitrogens is 2. The lowest BCUT2D eigenvalue weighted by molar-refractivity contribution is 0.0520. The van der Waals surface area contributed by atoms with Crippen LogP contribution in [0.4, 0.5) is 0 Å². The summed E-state index contributed by atoms with van der Waals surface area (Å²) in [6, 6.07) is 6.34. The molecule has 1 N–H and O–H groups in total. The highest BCUT2D eigenvalue weighted by molar-refractivity contribution is 7.99. The van der Waals surface area contributed by atoms with Crippen LogP contribution in [0.15, 0.2) is 46.6 Å². The maximum absolute atomic E-state index is 11.8. The Morgan fingerprint density at radius 1 is 1.29 bits per heavy atom. The van der Waals surface area contributed by atoms with Crippen LogP contribution >= 0.6 is 11.8 Å². The van der Waals surface area contributed by atoms with Crippen LogP contribution in [0.5, 0.6) is 0 Å². The van der Waals surface area contributed by atoms with Gasteiger partial charge in [-0.3, -0.25) is 0 Å². The maximum Gasteiger partial charge on any atom is 0.354 e. The van der Waals surface area contributed by atoms with Crippen molar-refractivity contribution < 1.29 is 19.4 Å². The molecule has 6 nitrogen and oxygen atoms in total. The second-order valence-electron chi connectivity index (χ2n) is 3.86. The van der Waals surface area contributed by atoms with Crippen molar-refractivity contribution >= 4 is 23.7 Å². The summed E-state index contributed by atoms with van der Waals surface area (Å²) in [5, 5.41) is 9.38. The summed E-state index contributed by atoms with van der Waals surface area (Å²) in [6.07, 6.45) is 2.96. The van der Waals surface area contributed by atoms with Crippen LogP contribution in [0.2, 0.25) is 0 Å². The van der Waals surface area contributed by atoms with E-state index in [2.05, 4.69) is 9.97 Å². The molecule has 0 spiro atoms. The lowest BCUT2D eigenvalue weighted by Crippen LogP contribution is -2.07. The third kappa shape index (κ3) is 3.79. The summed E-state index contributed by atoms with van der Waals surface area (Å²) < 4.78 is 4.97. The van der Waals surface area contributed by atoms with Crippen molar-refractivity contribution in [2.45, 2.75) is 16.8 Å². The number of carbonyl (C=O) groups is 2. The van der Waals surface area contributed by atoms with Gasteiger partial charge in [-0.15, -0.1) is 0 Å². The number of carbonyl (C=O) groups excluding carboxylic acids is 1. The summed E-state index contributed by atoms with van der Waals surface area (Å²) in [7, 11) is 0. The molecule has 0 aromatic carbocycles. The first kappa shape index (κ1) is 15.0. The van der Waals surface area contributed by atoms with E-state index >= 15 is 0 Å². The number of aromatic carboxylic acids is 1. The third-order valence-electron chi connectivity index (χ3n) is 2.43. The average molecular weight is 304 g/mol. The molecule has 0 aliphatic carbocycles. The first-order valence-electron chi connectivity index (χ1n) is 6.11. The van der Waals surface area contributed by atoms with E-state index in [-0.39, 0.29) is 12.3 Å². The molecule has 2 aromatic rings. The number of pyridine rings is 2. The Hall–Kier alpha value is -2.41. The van der Waals surface area contributed by atoms with Crippen molar-refractivity contribution in [1.82, 2.24) is 9.97 Å². The van der Waals surface area contributed by atoms with Crippen LogP contribution in [0.25, 0.3) is 0 Å². The highest BCUT2D eigenvalue weighted by Gasteiger charge is 2.15. The predicted molar refractivity (Wildman–Crippen MR) is 75.5 cm³/mol. The van der Waals surface area contributed by atoms with Gasteiger partial charge in [-0.05, 0) is 31.2 Å². The quantitative estimate of drug-likeness (QED) is 0.849. The number of esters is 1. The molecule has 21 heavy (non-hydrogen) atoms. The molecule has 0 bridgehead atoms. The Bertz CT molecular complexity index is 676. The smallest absolute Gasteiger partial charge is 0.354 e. The van der Waals surface area contributed by atoms with Gasteiger partial charge in [0.05, 0.1) is 12.2 Å². The fourth-order valence-electron chi connectivity index (χ4n) is 1.54. The molecule has 2 aromatic heterocycles. The predicted octanol–water partition coefficient (Wildman–Crippen LogP) is 2.50. The Morgan fingerprint density at radius 2 is 2.10 bits per heavy atom. The Morgan fingerprint density at radius 3 is 2.81 bits per heavy atom. The Labute approximate surface area is 125 Å². The number of ether oxygens (including phenoxy) is 1. The van der Waals surface area contributed by atoms with Crippen LogP contribution in [-0.2, 0) is 4.74 Å². The lowest BCUT2D eigenvalue weighted by atomic mass is 10.3. The Balaban J connectivity index is 2.29. The molecule has 0 saturated carbocycles. The highest BCUT2D eigenvalue weighted by Crippen LogP contribution is 2.29. The van der Waals surface area contributed by atoms with Gasteiger partial charge in [0, 0.05) is 17.3 Å². The first-order chi connectivity index (χ1) is 10.1. The summed E-state index contributed by atoms with van der Waals surface area (Å²) in [4.78, 5) is 31.3. The summed E-state index contributed by atoms with van der Waals surface area (Å²) in [5.41, 5.74) is 0.284. The van der Waals surface area contributed by atoms with Gasteiger partial charge in [0.1, 0.15) is 10.7 Å². The molecule has 2 rings (SSSR count). The second-order valence-corrected chi connectivity index (χ2v) is 4.92. The molecule has 108 valence electrons. The Kier molecular flexibility index (Phi) is 4.89. The molecule has 2 heterocycles. The molecule has 0 atom stereocenters. The first-order valence-corrected chi connectivity index (χ1v) is 6.92. The number of carboxylic acids is 1. The summed E-state index contributed by atoms with van der Waals surface area (Å²) in [5.74, 6) is -1.57. The molecule has 0 fully saturated rings. The van der Waals surface area contributed by atoms with E-state index in [1.165, 1.54) is 24.0 Å². The van der Waals surface area contributed by atoms with Crippen molar-refractivity contribution in [3.63, 3.8) is 0 Å². The molecule has 0 radical (unpaired) electrons. The standard InChI is InChI=1S/C14H12N2O4S/c1-2-20-14(19)10-4-3-6-16-12(10)21-9-5-7-15-11(8-9)13(17)18/h3-8H,2H2,1H3,(H,17,18). The van der Waals surface area contributed by atoms with Gasteiger partial charge < -0.3 is 9.84 Å². The fraction of sp³-hybridized carbons (Fsp3) is 0.143. The van der Waals surface area contributed by atoms with Gasteiger partial charge in [0.25, 0.3) is 0 Å². The fourth-order valence-corrected chi connectivity index (χ4v) is 2.44. The highest BCUT2D eigenvalue weighted by atomic mass is 32.2. The minimum absolute atomic E-state index is 0.0615. The minimum atomic E-state index is -1.11. The summed E-state index contributed by atoms with van der Waals surface area (Å²) in [6.45, 7) is 2.00. The maximum atomic E-state index is 11.8. The molecule has 0 aliphatic rings. The van der Waals surface area contributed by atoms with Crippen LogP contribution in [0, 0.1) is 0 Å². The normalized spacial score (nSPS) is 10.1. The molecule has 0 amide bonds. The zero-order chi connectivity index (χ0) is 15.2. The number of hydrogen-bond acceptors (Lipinski definition) is 6. The van der Waals surface area contributed by atoms with Crippen molar-refractivity contribution in [2.24, 2.45) is 0 Å². The lowest BCUT2D eigenvalue weighted by Gasteiger charge is -2.07. The van der Waals surface area contributed by atoms with Crippen LogP contribution in [0.1, 0.15) is 27.8 Å². The van der Waals surface area contributed by atoms with Gasteiger partial charge in [-0.2, -0.15) is 0 Å².